The van der Waals surface area contributed by atoms with Gasteiger partial charge in [-0.2, -0.15) is 9.41 Å². The van der Waals surface area contributed by atoms with E-state index in [1.165, 1.54) is 24.4 Å². The van der Waals surface area contributed by atoms with Gasteiger partial charge in [0, 0.05) is 16.6 Å². The number of aryl methyl sites for hydroxylation is 1. The van der Waals surface area contributed by atoms with Crippen LogP contribution in [0.4, 0.5) is 0 Å². The Hall–Kier alpha value is -3.69. The predicted molar refractivity (Wildman–Crippen MR) is 154 cm³/mol. The lowest BCUT2D eigenvalue weighted by molar-refractivity contribution is -0.121. The highest BCUT2D eigenvalue weighted by atomic mass is 35.5. The Kier molecular flexibility index (Phi) is 9.37. The van der Waals surface area contributed by atoms with Crippen LogP contribution in [-0.4, -0.2) is 31.4 Å². The van der Waals surface area contributed by atoms with Crippen molar-refractivity contribution in [2.24, 2.45) is 5.10 Å². The van der Waals surface area contributed by atoms with Crippen LogP contribution >= 0.6 is 23.2 Å². The quantitative estimate of drug-likeness (QED) is 0.172. The highest BCUT2D eigenvalue weighted by molar-refractivity contribution is 7.89. The Morgan fingerprint density at radius 1 is 0.923 bits per heavy atom. The number of amides is 1. The van der Waals surface area contributed by atoms with E-state index in [0.717, 1.165) is 9.87 Å². The van der Waals surface area contributed by atoms with Gasteiger partial charge in [0.15, 0.2) is 0 Å². The summed E-state index contributed by atoms with van der Waals surface area (Å²) in [5.74, 6) is 0.672. The largest absolute Gasteiger partial charge is 0.457 e. The van der Waals surface area contributed by atoms with E-state index in [1.54, 1.807) is 48.5 Å². The van der Waals surface area contributed by atoms with Crippen molar-refractivity contribution in [1.82, 2.24) is 9.73 Å². The number of nitrogens with zero attached hydrogens (tertiary/aromatic N) is 2. The molecule has 0 saturated carbocycles. The van der Waals surface area contributed by atoms with Gasteiger partial charge in [0.1, 0.15) is 11.5 Å². The van der Waals surface area contributed by atoms with Gasteiger partial charge < -0.3 is 4.74 Å². The van der Waals surface area contributed by atoms with E-state index >= 15 is 0 Å². The Labute approximate surface area is 237 Å². The summed E-state index contributed by atoms with van der Waals surface area (Å²) in [4.78, 5) is 12.9. The molecule has 0 fully saturated rings. The van der Waals surface area contributed by atoms with E-state index in [4.69, 9.17) is 27.9 Å². The molecule has 0 aliphatic heterocycles. The summed E-state index contributed by atoms with van der Waals surface area (Å²) in [6, 6.07) is 27.6. The van der Waals surface area contributed by atoms with Crippen LogP contribution in [0.25, 0.3) is 0 Å². The van der Waals surface area contributed by atoms with Crippen molar-refractivity contribution < 1.29 is 17.9 Å². The summed E-state index contributed by atoms with van der Waals surface area (Å²) in [5, 5.41) is 4.71. The molecule has 1 amide bonds. The summed E-state index contributed by atoms with van der Waals surface area (Å²) < 4.78 is 33.8. The molecule has 0 bridgehead atoms. The van der Waals surface area contributed by atoms with Crippen LogP contribution in [-0.2, 0) is 21.4 Å². The number of sulfonamides is 1. The molecule has 1 N–H and O–H groups in total. The van der Waals surface area contributed by atoms with Crippen LogP contribution in [0.2, 0.25) is 10.0 Å². The van der Waals surface area contributed by atoms with Crippen molar-refractivity contribution in [3.05, 3.63) is 124 Å². The van der Waals surface area contributed by atoms with Gasteiger partial charge in [0.05, 0.1) is 17.7 Å². The molecule has 200 valence electrons. The summed E-state index contributed by atoms with van der Waals surface area (Å²) in [5.41, 5.74) is 4.50. The number of nitrogens with one attached hydrogen (secondary N) is 1. The Morgan fingerprint density at radius 2 is 1.64 bits per heavy atom. The predicted octanol–water partition coefficient (Wildman–Crippen LogP) is 6.44. The molecule has 4 rings (SSSR count). The first-order valence-corrected chi connectivity index (χ1v) is 14.1. The average Bonchev–Trinajstić information content (AvgIpc) is 2.91. The van der Waals surface area contributed by atoms with Crippen molar-refractivity contribution in [1.29, 1.82) is 0 Å². The second-order valence-corrected chi connectivity index (χ2v) is 11.4. The maximum atomic E-state index is 13.5. The number of rotatable bonds is 10. The molecule has 0 aliphatic rings. The standard InChI is InChI=1S/C29H25Cl2N3O4S/c1-21-10-14-27(15-11-21)39(36,37)34(19-23-12-13-24(30)17-28(23)31)20-29(35)33-32-18-22-6-5-9-26(16-22)38-25-7-3-2-4-8-25/h2-18H,19-20H2,1H3,(H,33,35)/b32-18-. The zero-order valence-corrected chi connectivity index (χ0v) is 23.2. The summed E-state index contributed by atoms with van der Waals surface area (Å²) in [7, 11) is -4.04. The molecule has 10 heteroatoms. The zero-order valence-electron chi connectivity index (χ0n) is 20.9. The van der Waals surface area contributed by atoms with Crippen LogP contribution in [0, 0.1) is 6.92 Å². The maximum absolute atomic E-state index is 13.5. The summed E-state index contributed by atoms with van der Waals surface area (Å²) >= 11 is 12.3. The Balaban J connectivity index is 1.48. The molecule has 7 nitrogen and oxygen atoms in total. The van der Waals surface area contributed by atoms with E-state index in [1.807, 2.05) is 37.3 Å². The fraction of sp³-hybridized carbons (Fsp3) is 0.103. The summed E-state index contributed by atoms with van der Waals surface area (Å²) in [6.07, 6.45) is 1.45. The van der Waals surface area contributed by atoms with Gasteiger partial charge in [-0.15, -0.1) is 0 Å². The molecule has 39 heavy (non-hydrogen) atoms. The maximum Gasteiger partial charge on any atom is 0.255 e. The second-order valence-electron chi connectivity index (χ2n) is 8.60. The number of hydrogen-bond donors (Lipinski definition) is 1. The van der Waals surface area contributed by atoms with E-state index in [9.17, 15) is 13.2 Å². The first kappa shape index (κ1) is 28.3. The fourth-order valence-corrected chi connectivity index (χ4v) is 5.43. The Morgan fingerprint density at radius 3 is 2.36 bits per heavy atom. The van der Waals surface area contributed by atoms with Gasteiger partial charge in [0.2, 0.25) is 10.0 Å². The smallest absolute Gasteiger partial charge is 0.255 e. The normalized spacial score (nSPS) is 11.6. The molecule has 0 saturated heterocycles. The third-order valence-electron chi connectivity index (χ3n) is 5.58. The second kappa shape index (κ2) is 12.9. The topological polar surface area (TPSA) is 88.1 Å². The molecular formula is C29H25Cl2N3O4S. The highest BCUT2D eigenvalue weighted by Crippen LogP contribution is 2.25. The third-order valence-corrected chi connectivity index (χ3v) is 7.97. The number of benzene rings is 4. The number of carbonyl (C=O) groups is 1. The molecule has 0 spiro atoms. The van der Waals surface area contributed by atoms with Crippen LogP contribution in [0.1, 0.15) is 16.7 Å². The molecule has 0 aromatic heterocycles. The van der Waals surface area contributed by atoms with Crippen LogP contribution in [0.15, 0.2) is 107 Å². The number of hydrazone groups is 1. The lowest BCUT2D eigenvalue weighted by Gasteiger charge is -2.22. The van der Waals surface area contributed by atoms with Gasteiger partial charge >= 0.3 is 0 Å². The van der Waals surface area contributed by atoms with E-state index in [-0.39, 0.29) is 11.4 Å². The molecule has 0 aliphatic carbocycles. The molecule has 0 radical (unpaired) electrons. The van der Waals surface area contributed by atoms with Gasteiger partial charge in [-0.25, -0.2) is 13.8 Å². The lowest BCUT2D eigenvalue weighted by atomic mass is 10.2. The van der Waals surface area contributed by atoms with Crippen LogP contribution < -0.4 is 10.2 Å². The first-order valence-electron chi connectivity index (χ1n) is 11.9. The minimum absolute atomic E-state index is 0.0599. The minimum Gasteiger partial charge on any atom is -0.457 e. The highest BCUT2D eigenvalue weighted by Gasteiger charge is 2.27. The number of carbonyl (C=O) groups excluding carboxylic acids is 1. The van der Waals surface area contributed by atoms with Gasteiger partial charge in [0.25, 0.3) is 5.91 Å². The van der Waals surface area contributed by atoms with Gasteiger partial charge in [-0.3, -0.25) is 4.79 Å². The monoisotopic (exact) mass is 581 g/mol. The lowest BCUT2D eigenvalue weighted by Crippen LogP contribution is -2.39. The molecule has 0 heterocycles. The molecule has 0 atom stereocenters. The molecule has 0 unspecified atom stereocenters. The molecular weight excluding hydrogens is 557 g/mol. The Bertz CT molecular complexity index is 1580. The van der Waals surface area contributed by atoms with Crippen molar-refractivity contribution in [2.45, 2.75) is 18.4 Å². The minimum atomic E-state index is -4.04. The van der Waals surface area contributed by atoms with Crippen LogP contribution in [0.5, 0.6) is 11.5 Å². The van der Waals surface area contributed by atoms with E-state index in [0.29, 0.717) is 32.7 Å². The number of ether oxygens (including phenoxy) is 1. The third kappa shape index (κ3) is 7.91. The van der Waals surface area contributed by atoms with Crippen molar-refractivity contribution in [3.63, 3.8) is 0 Å². The van der Waals surface area contributed by atoms with E-state index < -0.39 is 22.5 Å². The number of hydrogen-bond acceptors (Lipinski definition) is 5. The SMILES string of the molecule is Cc1ccc(S(=O)(=O)N(CC(=O)N/N=C\c2cccc(Oc3ccccc3)c2)Cc2ccc(Cl)cc2Cl)cc1. The van der Waals surface area contributed by atoms with Crippen LogP contribution in [0.3, 0.4) is 0 Å². The average molecular weight is 583 g/mol. The summed E-state index contributed by atoms with van der Waals surface area (Å²) in [6.45, 7) is 1.24. The fourth-order valence-electron chi connectivity index (χ4n) is 3.58. The molecule has 4 aromatic rings. The van der Waals surface area contributed by atoms with Gasteiger partial charge in [-0.05, 0) is 66.6 Å². The van der Waals surface area contributed by atoms with Crippen molar-refractivity contribution in [3.8, 4) is 11.5 Å². The first-order chi connectivity index (χ1) is 18.7. The van der Waals surface area contributed by atoms with Crippen molar-refractivity contribution >= 4 is 45.3 Å². The number of halogens is 2. The van der Waals surface area contributed by atoms with E-state index in [2.05, 4.69) is 10.5 Å². The van der Waals surface area contributed by atoms with Gasteiger partial charge in [-0.1, -0.05) is 77.3 Å². The molecule has 4 aromatic carbocycles. The zero-order chi connectivity index (χ0) is 27.8. The van der Waals surface area contributed by atoms with Crippen molar-refractivity contribution in [2.75, 3.05) is 6.54 Å². The number of para-hydroxylation sites is 1.